The molecule has 0 aliphatic carbocycles. The average molecular weight is 412 g/mol. The van der Waals surface area contributed by atoms with Crippen molar-refractivity contribution < 1.29 is 13.2 Å². The van der Waals surface area contributed by atoms with Crippen molar-refractivity contribution in [3.8, 4) is 0 Å². The molecule has 1 amide bonds. The predicted octanol–water partition coefficient (Wildman–Crippen LogP) is 1.18. The van der Waals surface area contributed by atoms with Crippen LogP contribution in [0.3, 0.4) is 0 Å². The molecule has 1 fully saturated rings. The van der Waals surface area contributed by atoms with Crippen molar-refractivity contribution >= 4 is 21.6 Å². The van der Waals surface area contributed by atoms with Crippen LogP contribution in [0.2, 0.25) is 0 Å². The number of carbonyl (C=O) groups excluding carboxylic acids is 1. The molecular formula is C19H20N6O3S. The Morgan fingerprint density at radius 3 is 2.52 bits per heavy atom. The molecule has 1 N–H and O–H groups in total. The summed E-state index contributed by atoms with van der Waals surface area (Å²) < 4.78 is 31.5. The molecule has 5 rings (SSSR count). The number of carbonyl (C=O) groups is 1. The van der Waals surface area contributed by atoms with Gasteiger partial charge in [0.2, 0.25) is 15.9 Å². The molecule has 0 radical (unpaired) electrons. The number of nitrogens with one attached hydrogen (secondary N) is 1. The predicted molar refractivity (Wildman–Crippen MR) is 104 cm³/mol. The Bertz CT molecular complexity index is 1230. The summed E-state index contributed by atoms with van der Waals surface area (Å²) in [5.74, 6) is -0.184. The Balaban J connectivity index is 1.72. The fourth-order valence-electron chi connectivity index (χ4n) is 4.61. The molecule has 2 aliphatic heterocycles. The Morgan fingerprint density at radius 1 is 1.10 bits per heavy atom. The van der Waals surface area contributed by atoms with E-state index in [1.54, 1.807) is 31.2 Å². The lowest BCUT2D eigenvalue weighted by molar-refractivity contribution is -0.121. The topological polar surface area (TPSA) is 102 Å². The van der Waals surface area contributed by atoms with Crippen LogP contribution in [0, 0.1) is 0 Å². The van der Waals surface area contributed by atoms with Gasteiger partial charge in [0, 0.05) is 44.3 Å². The second-order valence-electron chi connectivity index (χ2n) is 7.54. The minimum absolute atomic E-state index is 0.109. The zero-order chi connectivity index (χ0) is 20.4. The lowest BCUT2D eigenvalue weighted by Crippen LogP contribution is -2.42. The Kier molecular flexibility index (Phi) is 3.74. The van der Waals surface area contributed by atoms with E-state index < -0.39 is 21.5 Å². The molecular weight excluding hydrogens is 392 g/mol. The number of aryl methyl sites for hydroxylation is 2. The molecule has 2 aromatic heterocycles. The van der Waals surface area contributed by atoms with Gasteiger partial charge in [0.25, 0.3) is 0 Å². The van der Waals surface area contributed by atoms with E-state index in [9.17, 15) is 13.2 Å². The second-order valence-corrected chi connectivity index (χ2v) is 9.43. The first kappa shape index (κ1) is 18.1. The smallest absolute Gasteiger partial charge is 0.246 e. The van der Waals surface area contributed by atoms with Gasteiger partial charge >= 0.3 is 0 Å². The van der Waals surface area contributed by atoms with Gasteiger partial charge in [0.15, 0.2) is 0 Å². The third-order valence-corrected chi connectivity index (χ3v) is 7.69. The molecule has 1 spiro atoms. The number of amides is 1. The largest absolute Gasteiger partial charge is 0.325 e. The molecule has 10 heteroatoms. The van der Waals surface area contributed by atoms with Gasteiger partial charge in [0.1, 0.15) is 4.90 Å². The molecule has 3 aromatic rings. The first-order chi connectivity index (χ1) is 13.8. The minimum atomic E-state index is -3.86. The summed E-state index contributed by atoms with van der Waals surface area (Å²) in [6, 6.07) is 6.78. The number of fused-ring (bicyclic) bond motifs is 2. The Labute approximate surface area is 168 Å². The summed E-state index contributed by atoms with van der Waals surface area (Å²) in [6.07, 6.45) is 6.61. The molecule has 9 nitrogen and oxygen atoms in total. The maximum absolute atomic E-state index is 13.5. The van der Waals surface area contributed by atoms with Crippen LogP contribution < -0.4 is 5.32 Å². The van der Waals surface area contributed by atoms with Crippen molar-refractivity contribution in [2.24, 2.45) is 14.1 Å². The van der Waals surface area contributed by atoms with Crippen LogP contribution in [-0.4, -0.2) is 44.7 Å². The standard InChI is InChI=1S/C19H20N6O3S/c1-23-11-13(9-20-23)17-19(15-5-3-4-6-16(15)22-18(19)26)7-8-25(17)29(27,28)14-10-21-24(2)12-14/h3-6,9-12,17H,7-8H2,1-2H3,(H,22,26)/t17-,19+/m0/s1. The van der Waals surface area contributed by atoms with Crippen LogP contribution in [0.5, 0.6) is 0 Å². The van der Waals surface area contributed by atoms with Gasteiger partial charge in [-0.3, -0.25) is 14.2 Å². The van der Waals surface area contributed by atoms with Gasteiger partial charge < -0.3 is 5.32 Å². The monoisotopic (exact) mass is 412 g/mol. The van der Waals surface area contributed by atoms with E-state index in [1.165, 1.54) is 21.4 Å². The maximum atomic E-state index is 13.5. The van der Waals surface area contributed by atoms with Crippen molar-refractivity contribution in [2.45, 2.75) is 22.8 Å². The number of nitrogens with zero attached hydrogens (tertiary/aromatic N) is 5. The Morgan fingerprint density at radius 2 is 1.83 bits per heavy atom. The number of aromatic nitrogens is 4. The molecule has 1 saturated heterocycles. The third kappa shape index (κ3) is 2.42. The van der Waals surface area contributed by atoms with Crippen LogP contribution in [0.15, 0.2) is 53.9 Å². The highest BCUT2D eigenvalue weighted by atomic mass is 32.2. The van der Waals surface area contributed by atoms with Crippen LogP contribution in [-0.2, 0) is 34.3 Å². The number of rotatable bonds is 3. The van der Waals surface area contributed by atoms with E-state index in [2.05, 4.69) is 15.5 Å². The molecule has 1 aromatic carbocycles. The van der Waals surface area contributed by atoms with Crippen molar-refractivity contribution in [1.29, 1.82) is 0 Å². The summed E-state index contributed by atoms with van der Waals surface area (Å²) in [5.41, 5.74) is 1.23. The molecule has 2 aliphatic rings. The highest BCUT2D eigenvalue weighted by molar-refractivity contribution is 7.89. The highest BCUT2D eigenvalue weighted by Gasteiger charge is 2.61. The van der Waals surface area contributed by atoms with Gasteiger partial charge in [-0.05, 0) is 18.1 Å². The quantitative estimate of drug-likeness (QED) is 0.696. The molecule has 2 atom stereocenters. The number of hydrogen-bond acceptors (Lipinski definition) is 5. The lowest BCUT2D eigenvalue weighted by atomic mass is 9.73. The summed E-state index contributed by atoms with van der Waals surface area (Å²) in [5, 5.41) is 11.2. The normalized spacial score (nSPS) is 24.2. The van der Waals surface area contributed by atoms with E-state index in [0.717, 1.165) is 11.3 Å². The summed E-state index contributed by atoms with van der Waals surface area (Å²) >= 11 is 0. The number of benzene rings is 1. The second kappa shape index (κ2) is 6.01. The van der Waals surface area contributed by atoms with Gasteiger partial charge in [-0.15, -0.1) is 0 Å². The molecule has 0 bridgehead atoms. The fraction of sp³-hybridized carbons (Fsp3) is 0.316. The van der Waals surface area contributed by atoms with Crippen molar-refractivity contribution in [2.75, 3.05) is 11.9 Å². The first-order valence-electron chi connectivity index (χ1n) is 9.24. The SMILES string of the molecule is Cn1cc([C@@H]2N(S(=O)(=O)c3cnn(C)c3)CC[C@]23C(=O)Nc2ccccc23)cn1. The van der Waals surface area contributed by atoms with Crippen LogP contribution in [0.25, 0.3) is 0 Å². The van der Waals surface area contributed by atoms with Gasteiger partial charge in [-0.2, -0.15) is 14.5 Å². The van der Waals surface area contributed by atoms with Crippen LogP contribution >= 0.6 is 0 Å². The summed E-state index contributed by atoms with van der Waals surface area (Å²) in [7, 11) is -0.420. The van der Waals surface area contributed by atoms with E-state index in [1.807, 2.05) is 24.3 Å². The van der Waals surface area contributed by atoms with Gasteiger partial charge in [-0.1, -0.05) is 18.2 Å². The van der Waals surface area contributed by atoms with E-state index in [4.69, 9.17) is 0 Å². The molecule has 4 heterocycles. The van der Waals surface area contributed by atoms with Crippen molar-refractivity contribution in [3.63, 3.8) is 0 Å². The fourth-order valence-corrected chi connectivity index (χ4v) is 6.26. The van der Waals surface area contributed by atoms with E-state index >= 15 is 0 Å². The van der Waals surface area contributed by atoms with Crippen molar-refractivity contribution in [3.05, 3.63) is 60.2 Å². The highest BCUT2D eigenvalue weighted by Crippen LogP contribution is 2.55. The minimum Gasteiger partial charge on any atom is -0.325 e. The number of sulfonamides is 1. The van der Waals surface area contributed by atoms with Crippen LogP contribution in [0.1, 0.15) is 23.6 Å². The first-order valence-corrected chi connectivity index (χ1v) is 10.7. The summed E-state index contributed by atoms with van der Waals surface area (Å²) in [6.45, 7) is 0.221. The number of hydrogen-bond donors (Lipinski definition) is 1. The third-order valence-electron chi connectivity index (χ3n) is 5.87. The maximum Gasteiger partial charge on any atom is 0.246 e. The zero-order valence-electron chi connectivity index (χ0n) is 16.0. The van der Waals surface area contributed by atoms with Gasteiger partial charge in [-0.25, -0.2) is 8.42 Å². The van der Waals surface area contributed by atoms with Crippen molar-refractivity contribution in [1.82, 2.24) is 23.9 Å². The van der Waals surface area contributed by atoms with Gasteiger partial charge in [0.05, 0.1) is 23.9 Å². The van der Waals surface area contributed by atoms with E-state index in [0.29, 0.717) is 12.0 Å². The number of anilines is 1. The van der Waals surface area contributed by atoms with E-state index in [-0.39, 0.29) is 17.3 Å². The zero-order valence-corrected chi connectivity index (χ0v) is 16.8. The summed E-state index contributed by atoms with van der Waals surface area (Å²) in [4.78, 5) is 13.4. The average Bonchev–Trinajstić information content (AvgIpc) is 3.44. The molecule has 150 valence electrons. The Hall–Kier alpha value is -2.98. The molecule has 29 heavy (non-hydrogen) atoms. The number of para-hydroxylation sites is 1. The lowest BCUT2D eigenvalue weighted by Gasteiger charge is -2.32. The molecule has 0 saturated carbocycles. The van der Waals surface area contributed by atoms with Crippen LogP contribution in [0.4, 0.5) is 5.69 Å². The molecule has 0 unspecified atom stereocenters.